The van der Waals surface area contributed by atoms with E-state index in [0.717, 1.165) is 27.7 Å². The molecule has 0 saturated heterocycles. The summed E-state index contributed by atoms with van der Waals surface area (Å²) in [4.78, 5) is 42.0. The number of H-pyrrole nitrogens is 1. The maximum atomic E-state index is 11.2. The summed E-state index contributed by atoms with van der Waals surface area (Å²) >= 11 is 0. The SMILES string of the molecule is CN(N=O)C(N)=O.Cn1cc(-c2cc3nccnc3[nH]2)c2cc(C(=O)O)ccc21. The van der Waals surface area contributed by atoms with Gasteiger partial charge in [-0.15, -0.1) is 4.91 Å². The van der Waals surface area contributed by atoms with E-state index < -0.39 is 12.0 Å². The van der Waals surface area contributed by atoms with Crippen LogP contribution in [0.1, 0.15) is 10.4 Å². The fourth-order valence-corrected chi connectivity index (χ4v) is 2.78. The van der Waals surface area contributed by atoms with Crippen molar-refractivity contribution < 1.29 is 14.7 Å². The Bertz CT molecular complexity index is 1190. The number of aromatic nitrogens is 4. The number of carbonyl (C=O) groups excluding carboxylic acids is 1. The van der Waals surface area contributed by atoms with Crippen molar-refractivity contribution in [2.45, 2.75) is 0 Å². The van der Waals surface area contributed by atoms with Crippen LogP contribution in [-0.2, 0) is 7.05 Å². The molecule has 0 spiro atoms. The van der Waals surface area contributed by atoms with E-state index >= 15 is 0 Å². The number of primary amides is 1. The summed E-state index contributed by atoms with van der Waals surface area (Å²) in [5, 5.41) is 12.8. The Morgan fingerprint density at radius 1 is 1.24 bits per heavy atom. The predicted molar refractivity (Wildman–Crippen MR) is 106 cm³/mol. The van der Waals surface area contributed by atoms with E-state index in [-0.39, 0.29) is 5.56 Å². The maximum absolute atomic E-state index is 11.2. The topological polar surface area (TPSA) is 160 Å². The molecule has 2 amide bonds. The van der Waals surface area contributed by atoms with Gasteiger partial charge in [-0.25, -0.2) is 14.6 Å². The molecule has 0 radical (unpaired) electrons. The van der Waals surface area contributed by atoms with Crippen molar-refractivity contribution in [3.63, 3.8) is 0 Å². The van der Waals surface area contributed by atoms with Gasteiger partial charge in [-0.1, -0.05) is 0 Å². The number of carboxylic acid groups (broad SMARTS) is 1. The molecule has 11 heteroatoms. The molecule has 3 heterocycles. The van der Waals surface area contributed by atoms with E-state index in [1.807, 2.05) is 29.9 Å². The van der Waals surface area contributed by atoms with E-state index in [0.29, 0.717) is 10.7 Å². The molecule has 0 unspecified atom stereocenters. The number of benzene rings is 1. The summed E-state index contributed by atoms with van der Waals surface area (Å²) in [5.41, 5.74) is 9.08. The van der Waals surface area contributed by atoms with Crippen molar-refractivity contribution in [3.05, 3.63) is 53.3 Å². The van der Waals surface area contributed by atoms with Gasteiger partial charge < -0.3 is 20.4 Å². The second kappa shape index (κ2) is 7.76. The van der Waals surface area contributed by atoms with Crippen LogP contribution in [-0.4, -0.2) is 48.7 Å². The molecule has 29 heavy (non-hydrogen) atoms. The fourth-order valence-electron chi connectivity index (χ4n) is 2.78. The lowest BCUT2D eigenvalue weighted by Gasteiger charge is -1.99. The zero-order chi connectivity index (χ0) is 21.1. The number of hydrogen-bond donors (Lipinski definition) is 3. The van der Waals surface area contributed by atoms with E-state index in [2.05, 4.69) is 26.0 Å². The van der Waals surface area contributed by atoms with Gasteiger partial charge in [0.05, 0.1) is 16.5 Å². The molecule has 4 aromatic rings. The van der Waals surface area contributed by atoms with Crippen LogP contribution in [0.15, 0.2) is 48.1 Å². The van der Waals surface area contributed by atoms with Crippen LogP contribution in [0.3, 0.4) is 0 Å². The molecule has 0 bridgehead atoms. The molecule has 3 aromatic heterocycles. The molecular formula is C18H17N7O4. The summed E-state index contributed by atoms with van der Waals surface area (Å²) in [6, 6.07) is 6.20. The predicted octanol–water partition coefficient (Wildman–Crippen LogP) is 2.49. The molecule has 4 rings (SSSR count). The monoisotopic (exact) mass is 395 g/mol. The largest absolute Gasteiger partial charge is 0.478 e. The number of nitrogens with zero attached hydrogens (tertiary/aromatic N) is 5. The molecule has 0 aliphatic heterocycles. The van der Waals surface area contributed by atoms with Crippen LogP contribution < -0.4 is 5.73 Å². The Morgan fingerprint density at radius 3 is 2.55 bits per heavy atom. The van der Waals surface area contributed by atoms with Crippen LogP contribution >= 0.6 is 0 Å². The molecule has 148 valence electrons. The van der Waals surface area contributed by atoms with Crippen LogP contribution in [0.4, 0.5) is 4.79 Å². The molecule has 1 aromatic carbocycles. The minimum atomic E-state index is -0.934. The van der Waals surface area contributed by atoms with Crippen LogP contribution in [0.25, 0.3) is 33.3 Å². The van der Waals surface area contributed by atoms with Crippen LogP contribution in [0.5, 0.6) is 0 Å². The van der Waals surface area contributed by atoms with Gasteiger partial charge in [-0.05, 0) is 24.3 Å². The van der Waals surface area contributed by atoms with Crippen molar-refractivity contribution in [1.82, 2.24) is 24.5 Å². The lowest BCUT2D eigenvalue weighted by atomic mass is 10.1. The van der Waals surface area contributed by atoms with Crippen molar-refractivity contribution in [3.8, 4) is 11.3 Å². The van der Waals surface area contributed by atoms with Gasteiger partial charge >= 0.3 is 12.0 Å². The number of carbonyl (C=O) groups is 2. The van der Waals surface area contributed by atoms with Crippen molar-refractivity contribution >= 4 is 34.1 Å². The number of fused-ring (bicyclic) bond motifs is 2. The van der Waals surface area contributed by atoms with Crippen molar-refractivity contribution in [2.24, 2.45) is 18.1 Å². The first kappa shape index (κ1) is 19.5. The number of nitrogens with two attached hydrogens (primary N) is 1. The molecule has 0 aliphatic rings. The standard InChI is InChI=1S/C16H12N4O2.C2H5N3O2/c1-20-8-11(10-6-9(16(21)22)2-3-14(10)20)12-7-13-15(19-12)18-5-4-17-13;1-5(4-7)2(3)6/h2-8H,1H3,(H,18,19)(H,21,22);1H3,(H2,3,6). The van der Waals surface area contributed by atoms with E-state index in [1.54, 1.807) is 24.5 Å². The van der Waals surface area contributed by atoms with Crippen LogP contribution in [0.2, 0.25) is 0 Å². The molecule has 0 aliphatic carbocycles. The first-order chi connectivity index (χ1) is 13.8. The van der Waals surface area contributed by atoms with E-state index in [9.17, 15) is 19.6 Å². The van der Waals surface area contributed by atoms with Gasteiger partial charge in [0, 0.05) is 49.2 Å². The smallest absolute Gasteiger partial charge is 0.337 e. The average Bonchev–Trinajstić information content (AvgIpc) is 3.28. The Balaban J connectivity index is 0.000000298. The number of nitroso groups, excluding NO2 is 1. The Hall–Kier alpha value is -4.28. The zero-order valence-corrected chi connectivity index (χ0v) is 15.5. The number of aryl methyl sites for hydroxylation is 1. The normalized spacial score (nSPS) is 10.4. The van der Waals surface area contributed by atoms with Crippen LogP contribution in [0, 0.1) is 4.91 Å². The lowest BCUT2D eigenvalue weighted by molar-refractivity contribution is 0.0697. The highest BCUT2D eigenvalue weighted by Gasteiger charge is 2.14. The minimum absolute atomic E-state index is 0.271. The summed E-state index contributed by atoms with van der Waals surface area (Å²) < 4.78 is 1.97. The number of amides is 2. The van der Waals surface area contributed by atoms with Gasteiger partial charge in [0.25, 0.3) is 0 Å². The van der Waals surface area contributed by atoms with Gasteiger partial charge in [0.1, 0.15) is 5.52 Å². The Morgan fingerprint density at radius 2 is 1.97 bits per heavy atom. The second-order valence-electron chi connectivity index (χ2n) is 6.11. The maximum Gasteiger partial charge on any atom is 0.337 e. The molecule has 0 fully saturated rings. The number of urea groups is 1. The first-order valence-corrected chi connectivity index (χ1v) is 8.30. The molecule has 0 atom stereocenters. The average molecular weight is 395 g/mol. The third-order valence-electron chi connectivity index (χ3n) is 4.23. The van der Waals surface area contributed by atoms with Gasteiger partial charge in [0.15, 0.2) is 5.65 Å². The Labute approximate surface area is 163 Å². The second-order valence-corrected chi connectivity index (χ2v) is 6.11. The highest BCUT2D eigenvalue weighted by Crippen LogP contribution is 2.31. The molecular weight excluding hydrogens is 378 g/mol. The summed E-state index contributed by atoms with van der Waals surface area (Å²) in [6.07, 6.45) is 5.25. The van der Waals surface area contributed by atoms with E-state index in [4.69, 9.17) is 0 Å². The molecule has 11 nitrogen and oxygen atoms in total. The summed E-state index contributed by atoms with van der Waals surface area (Å²) in [5.74, 6) is -0.934. The van der Waals surface area contributed by atoms with Gasteiger partial charge in [-0.3, -0.25) is 4.98 Å². The Kier molecular flexibility index (Phi) is 5.21. The van der Waals surface area contributed by atoms with Gasteiger partial charge in [0.2, 0.25) is 0 Å². The third-order valence-corrected chi connectivity index (χ3v) is 4.23. The molecule has 4 N–H and O–H groups in total. The van der Waals surface area contributed by atoms with Crippen molar-refractivity contribution in [2.75, 3.05) is 7.05 Å². The lowest BCUT2D eigenvalue weighted by Crippen LogP contribution is -2.26. The highest BCUT2D eigenvalue weighted by molar-refractivity contribution is 6.01. The number of aromatic amines is 1. The number of carboxylic acids is 1. The van der Waals surface area contributed by atoms with Gasteiger partial charge in [-0.2, -0.15) is 5.01 Å². The number of aromatic carboxylic acids is 1. The highest BCUT2D eigenvalue weighted by atomic mass is 16.4. The fraction of sp³-hybridized carbons (Fsp3) is 0.111. The quantitative estimate of drug-likeness (QED) is 0.357. The number of nitrogens with one attached hydrogen (secondary N) is 1. The van der Waals surface area contributed by atoms with Crippen molar-refractivity contribution in [1.29, 1.82) is 0 Å². The third kappa shape index (κ3) is 3.88. The number of rotatable bonds is 3. The molecule has 0 saturated carbocycles. The zero-order valence-electron chi connectivity index (χ0n) is 15.5. The minimum Gasteiger partial charge on any atom is -0.478 e. The summed E-state index contributed by atoms with van der Waals surface area (Å²) in [6.45, 7) is 0. The first-order valence-electron chi connectivity index (χ1n) is 8.30. The number of hydrogen-bond acceptors (Lipinski definition) is 6. The van der Waals surface area contributed by atoms with E-state index in [1.165, 1.54) is 7.05 Å². The summed E-state index contributed by atoms with van der Waals surface area (Å²) in [7, 11) is 3.11.